The van der Waals surface area contributed by atoms with Gasteiger partial charge in [-0.2, -0.15) is 5.26 Å². The Morgan fingerprint density at radius 1 is 1.08 bits per heavy atom. The summed E-state index contributed by atoms with van der Waals surface area (Å²) in [7, 11) is 0. The first-order chi connectivity index (χ1) is 12.1. The smallest absolute Gasteiger partial charge is 0.253 e. The van der Waals surface area contributed by atoms with E-state index in [1.165, 1.54) is 6.07 Å². The molecular weight excluding hydrogens is 341 g/mol. The van der Waals surface area contributed by atoms with Crippen LogP contribution in [0.4, 0.5) is 4.39 Å². The van der Waals surface area contributed by atoms with Crippen LogP contribution in [0, 0.1) is 17.1 Å². The standard InChI is InChI=1S/C19H17ClFN3O/c20-15-7-5-14(6-8-15)19(25)24-11-9-23(10-12-24)18(13-22)16-3-1-2-4-17(16)21/h1-8,18H,9-12H2. The molecule has 2 aromatic rings. The van der Waals surface area contributed by atoms with Crippen LogP contribution in [0.1, 0.15) is 22.0 Å². The third-order valence-corrected chi connectivity index (χ3v) is 4.63. The first-order valence-corrected chi connectivity index (χ1v) is 8.41. The van der Waals surface area contributed by atoms with Crippen LogP contribution in [0.15, 0.2) is 48.5 Å². The van der Waals surface area contributed by atoms with Gasteiger partial charge in [0, 0.05) is 42.3 Å². The molecule has 6 heteroatoms. The first kappa shape index (κ1) is 17.4. The molecule has 1 fully saturated rings. The molecule has 2 aromatic carbocycles. The summed E-state index contributed by atoms with van der Waals surface area (Å²) in [5.74, 6) is -0.440. The van der Waals surface area contributed by atoms with Crippen molar-refractivity contribution in [2.45, 2.75) is 6.04 Å². The molecule has 3 rings (SSSR count). The number of nitriles is 1. The largest absolute Gasteiger partial charge is 0.336 e. The van der Waals surface area contributed by atoms with E-state index in [1.807, 2.05) is 4.90 Å². The minimum Gasteiger partial charge on any atom is -0.336 e. The van der Waals surface area contributed by atoms with Crippen LogP contribution >= 0.6 is 11.6 Å². The zero-order valence-electron chi connectivity index (χ0n) is 13.5. The average Bonchev–Trinajstić information content (AvgIpc) is 2.64. The molecule has 1 saturated heterocycles. The monoisotopic (exact) mass is 357 g/mol. The number of piperazine rings is 1. The number of hydrogen-bond donors (Lipinski definition) is 0. The molecule has 0 radical (unpaired) electrons. The number of hydrogen-bond acceptors (Lipinski definition) is 3. The average molecular weight is 358 g/mol. The molecule has 25 heavy (non-hydrogen) atoms. The van der Waals surface area contributed by atoms with E-state index in [2.05, 4.69) is 6.07 Å². The van der Waals surface area contributed by atoms with Gasteiger partial charge in [0.05, 0.1) is 6.07 Å². The van der Waals surface area contributed by atoms with Gasteiger partial charge in [-0.3, -0.25) is 9.69 Å². The van der Waals surface area contributed by atoms with Gasteiger partial charge in [0.15, 0.2) is 0 Å². The van der Waals surface area contributed by atoms with E-state index in [0.29, 0.717) is 42.3 Å². The van der Waals surface area contributed by atoms with Crippen LogP contribution in [0.3, 0.4) is 0 Å². The second-order valence-electron chi connectivity index (χ2n) is 5.89. The summed E-state index contributed by atoms with van der Waals surface area (Å²) in [6, 6.07) is 14.6. The Hall–Kier alpha value is -2.42. The highest BCUT2D eigenvalue weighted by Gasteiger charge is 2.28. The molecule has 4 nitrogen and oxygen atoms in total. The zero-order valence-corrected chi connectivity index (χ0v) is 14.3. The van der Waals surface area contributed by atoms with Gasteiger partial charge in [-0.25, -0.2) is 4.39 Å². The van der Waals surface area contributed by atoms with Gasteiger partial charge in [0.1, 0.15) is 11.9 Å². The second-order valence-corrected chi connectivity index (χ2v) is 6.32. The maximum atomic E-state index is 14.0. The summed E-state index contributed by atoms with van der Waals surface area (Å²) in [5.41, 5.74) is 0.964. The maximum absolute atomic E-state index is 14.0. The van der Waals surface area contributed by atoms with Crippen LogP contribution in [0.25, 0.3) is 0 Å². The molecule has 0 spiro atoms. The minimum absolute atomic E-state index is 0.0595. The summed E-state index contributed by atoms with van der Waals surface area (Å²) in [5, 5.41) is 10.1. The van der Waals surface area contributed by atoms with Crippen molar-refractivity contribution in [1.29, 1.82) is 5.26 Å². The summed E-state index contributed by atoms with van der Waals surface area (Å²) in [6.07, 6.45) is 0. The van der Waals surface area contributed by atoms with Crippen molar-refractivity contribution in [2.24, 2.45) is 0 Å². The molecule has 0 bridgehead atoms. The number of halogens is 2. The lowest BCUT2D eigenvalue weighted by Crippen LogP contribution is -2.49. The lowest BCUT2D eigenvalue weighted by atomic mass is 10.0. The third-order valence-electron chi connectivity index (χ3n) is 4.38. The Bertz CT molecular complexity index is 795. The summed E-state index contributed by atoms with van der Waals surface area (Å²) in [6.45, 7) is 2.03. The van der Waals surface area contributed by atoms with E-state index in [0.717, 1.165) is 0 Å². The van der Waals surface area contributed by atoms with E-state index >= 15 is 0 Å². The Labute approximate surface area is 151 Å². The highest BCUT2D eigenvalue weighted by molar-refractivity contribution is 6.30. The fourth-order valence-corrected chi connectivity index (χ4v) is 3.13. The minimum atomic E-state index is -0.644. The number of rotatable bonds is 3. The number of carbonyl (C=O) groups excluding carboxylic acids is 1. The van der Waals surface area contributed by atoms with Gasteiger partial charge in [0.25, 0.3) is 5.91 Å². The highest BCUT2D eigenvalue weighted by Crippen LogP contribution is 2.24. The summed E-state index contributed by atoms with van der Waals surface area (Å²) >= 11 is 5.85. The predicted molar refractivity (Wildman–Crippen MR) is 93.7 cm³/mol. The number of benzene rings is 2. The zero-order chi connectivity index (χ0) is 17.8. The van der Waals surface area contributed by atoms with Crippen LogP contribution < -0.4 is 0 Å². The molecule has 1 heterocycles. The number of nitrogens with zero attached hydrogens (tertiary/aromatic N) is 3. The molecule has 1 unspecified atom stereocenters. The van der Waals surface area contributed by atoms with E-state index < -0.39 is 6.04 Å². The summed E-state index contributed by atoms with van der Waals surface area (Å²) in [4.78, 5) is 16.2. The lowest BCUT2D eigenvalue weighted by Gasteiger charge is -2.37. The second kappa shape index (κ2) is 7.64. The molecule has 0 aliphatic carbocycles. The Balaban J connectivity index is 1.67. The molecular formula is C19H17ClFN3O. The predicted octanol–water partition coefficient (Wildman–Crippen LogP) is 3.50. The molecule has 1 aliphatic rings. The Morgan fingerprint density at radius 3 is 2.32 bits per heavy atom. The van der Waals surface area contributed by atoms with Crippen molar-refractivity contribution < 1.29 is 9.18 Å². The van der Waals surface area contributed by atoms with Crippen LogP contribution in [0.5, 0.6) is 0 Å². The van der Waals surface area contributed by atoms with Gasteiger partial charge in [-0.1, -0.05) is 29.8 Å². The van der Waals surface area contributed by atoms with Crippen molar-refractivity contribution in [3.05, 3.63) is 70.5 Å². The van der Waals surface area contributed by atoms with Gasteiger partial charge in [-0.05, 0) is 30.3 Å². The first-order valence-electron chi connectivity index (χ1n) is 8.03. The Kier molecular flexibility index (Phi) is 5.32. The molecule has 0 saturated carbocycles. The fourth-order valence-electron chi connectivity index (χ4n) is 3.00. The number of amides is 1. The highest BCUT2D eigenvalue weighted by atomic mass is 35.5. The van der Waals surface area contributed by atoms with Crippen LogP contribution in [-0.4, -0.2) is 41.9 Å². The van der Waals surface area contributed by atoms with Crippen molar-refractivity contribution in [3.8, 4) is 6.07 Å². The van der Waals surface area contributed by atoms with Crippen LogP contribution in [-0.2, 0) is 0 Å². The molecule has 0 N–H and O–H groups in total. The number of carbonyl (C=O) groups is 1. The van der Waals surface area contributed by atoms with Gasteiger partial charge in [0.2, 0.25) is 0 Å². The summed E-state index contributed by atoms with van der Waals surface area (Å²) < 4.78 is 14.0. The third kappa shape index (κ3) is 3.81. The van der Waals surface area contributed by atoms with E-state index in [9.17, 15) is 14.4 Å². The molecule has 1 atom stereocenters. The van der Waals surface area contributed by atoms with E-state index in [1.54, 1.807) is 47.4 Å². The van der Waals surface area contributed by atoms with Crippen molar-refractivity contribution in [3.63, 3.8) is 0 Å². The van der Waals surface area contributed by atoms with Crippen molar-refractivity contribution >= 4 is 17.5 Å². The van der Waals surface area contributed by atoms with E-state index in [-0.39, 0.29) is 11.7 Å². The van der Waals surface area contributed by atoms with Crippen LogP contribution in [0.2, 0.25) is 5.02 Å². The Morgan fingerprint density at radius 2 is 1.72 bits per heavy atom. The molecule has 128 valence electrons. The SMILES string of the molecule is N#CC(c1ccccc1F)N1CCN(C(=O)c2ccc(Cl)cc2)CC1. The van der Waals surface area contributed by atoms with Gasteiger partial charge < -0.3 is 4.90 Å². The van der Waals surface area contributed by atoms with Crippen molar-refractivity contribution in [2.75, 3.05) is 26.2 Å². The lowest BCUT2D eigenvalue weighted by molar-refractivity contribution is 0.0604. The normalized spacial score (nSPS) is 16.3. The molecule has 1 aliphatic heterocycles. The van der Waals surface area contributed by atoms with Crippen molar-refractivity contribution in [1.82, 2.24) is 9.80 Å². The quantitative estimate of drug-likeness (QED) is 0.844. The molecule has 1 amide bonds. The van der Waals surface area contributed by atoms with E-state index in [4.69, 9.17) is 11.6 Å². The van der Waals surface area contributed by atoms with Gasteiger partial charge in [-0.15, -0.1) is 0 Å². The maximum Gasteiger partial charge on any atom is 0.253 e. The molecule has 0 aromatic heterocycles. The fraction of sp³-hybridized carbons (Fsp3) is 0.263. The topological polar surface area (TPSA) is 47.3 Å². The van der Waals surface area contributed by atoms with Gasteiger partial charge >= 0.3 is 0 Å².